The SMILES string of the molecule is NC1CCN(CC2Cc3ccccc3O2)c2ccccc21. The normalized spacial score (nSPS) is 23.4. The summed E-state index contributed by atoms with van der Waals surface area (Å²) in [6.45, 7) is 1.94. The maximum Gasteiger partial charge on any atom is 0.123 e. The van der Waals surface area contributed by atoms with Gasteiger partial charge >= 0.3 is 0 Å². The molecule has 2 aromatic carbocycles. The van der Waals surface area contributed by atoms with E-state index in [1.165, 1.54) is 16.8 Å². The molecule has 0 saturated heterocycles. The number of anilines is 1. The zero-order chi connectivity index (χ0) is 14.2. The van der Waals surface area contributed by atoms with Crippen LogP contribution in [0.5, 0.6) is 5.75 Å². The molecule has 2 unspecified atom stereocenters. The summed E-state index contributed by atoms with van der Waals surface area (Å²) in [7, 11) is 0. The van der Waals surface area contributed by atoms with Crippen LogP contribution < -0.4 is 15.4 Å². The monoisotopic (exact) mass is 280 g/mol. The Labute approximate surface area is 125 Å². The predicted molar refractivity (Wildman–Crippen MR) is 84.8 cm³/mol. The van der Waals surface area contributed by atoms with Crippen molar-refractivity contribution in [2.45, 2.75) is 25.0 Å². The van der Waals surface area contributed by atoms with E-state index in [2.05, 4.69) is 47.4 Å². The van der Waals surface area contributed by atoms with Crippen LogP contribution in [0.15, 0.2) is 48.5 Å². The molecule has 2 heterocycles. The largest absolute Gasteiger partial charge is 0.488 e. The number of para-hydroxylation sites is 2. The minimum absolute atomic E-state index is 0.166. The van der Waals surface area contributed by atoms with Crippen molar-refractivity contribution in [2.24, 2.45) is 5.73 Å². The van der Waals surface area contributed by atoms with Gasteiger partial charge in [-0.25, -0.2) is 0 Å². The standard InChI is InChI=1S/C18H20N2O/c19-16-9-10-20(17-7-3-2-6-15(16)17)12-14-11-13-5-1-4-8-18(13)21-14/h1-8,14,16H,9-12,19H2. The number of rotatable bonds is 2. The summed E-state index contributed by atoms with van der Waals surface area (Å²) in [6.07, 6.45) is 2.25. The molecule has 0 fully saturated rings. The molecule has 3 nitrogen and oxygen atoms in total. The second-order valence-electron chi connectivity index (χ2n) is 5.95. The number of nitrogens with zero attached hydrogens (tertiary/aromatic N) is 1. The van der Waals surface area contributed by atoms with Crippen molar-refractivity contribution < 1.29 is 4.74 Å². The van der Waals surface area contributed by atoms with E-state index in [4.69, 9.17) is 10.5 Å². The fourth-order valence-corrected chi connectivity index (χ4v) is 3.45. The van der Waals surface area contributed by atoms with E-state index in [1.807, 2.05) is 6.07 Å². The maximum absolute atomic E-state index is 6.23. The number of hydrogen-bond donors (Lipinski definition) is 1. The first kappa shape index (κ1) is 12.7. The van der Waals surface area contributed by atoms with Crippen LogP contribution in [0.2, 0.25) is 0 Å². The molecule has 2 aliphatic heterocycles. The fourth-order valence-electron chi connectivity index (χ4n) is 3.45. The van der Waals surface area contributed by atoms with Crippen LogP contribution in [0, 0.1) is 0 Å². The first-order valence-corrected chi connectivity index (χ1v) is 7.65. The van der Waals surface area contributed by atoms with E-state index in [0.717, 1.165) is 31.7 Å². The Morgan fingerprint density at radius 1 is 1.10 bits per heavy atom. The molecule has 2 aliphatic rings. The van der Waals surface area contributed by atoms with Crippen LogP contribution in [0.4, 0.5) is 5.69 Å². The highest BCUT2D eigenvalue weighted by Crippen LogP contribution is 2.34. The Hall–Kier alpha value is -2.00. The van der Waals surface area contributed by atoms with Crippen LogP contribution in [0.3, 0.4) is 0 Å². The highest BCUT2D eigenvalue weighted by atomic mass is 16.5. The molecule has 2 N–H and O–H groups in total. The summed E-state index contributed by atoms with van der Waals surface area (Å²) >= 11 is 0. The smallest absolute Gasteiger partial charge is 0.123 e. The molecule has 0 bridgehead atoms. The van der Waals surface area contributed by atoms with Gasteiger partial charge in [0.15, 0.2) is 0 Å². The lowest BCUT2D eigenvalue weighted by molar-refractivity contribution is 0.236. The van der Waals surface area contributed by atoms with Gasteiger partial charge in [0.2, 0.25) is 0 Å². The molecular formula is C18H20N2O. The van der Waals surface area contributed by atoms with Crippen molar-refractivity contribution in [3.8, 4) is 5.75 Å². The van der Waals surface area contributed by atoms with Gasteiger partial charge in [-0.15, -0.1) is 0 Å². The molecule has 0 saturated carbocycles. The molecular weight excluding hydrogens is 260 g/mol. The minimum atomic E-state index is 0.166. The first-order valence-electron chi connectivity index (χ1n) is 7.65. The Morgan fingerprint density at radius 2 is 1.90 bits per heavy atom. The maximum atomic E-state index is 6.23. The van der Waals surface area contributed by atoms with Crippen LogP contribution >= 0.6 is 0 Å². The Balaban J connectivity index is 1.53. The molecule has 2 aromatic rings. The lowest BCUT2D eigenvalue weighted by Gasteiger charge is -2.35. The van der Waals surface area contributed by atoms with Gasteiger partial charge in [0, 0.05) is 24.7 Å². The summed E-state index contributed by atoms with van der Waals surface area (Å²) in [5.41, 5.74) is 10.1. The van der Waals surface area contributed by atoms with Crippen LogP contribution in [0.1, 0.15) is 23.6 Å². The lowest BCUT2D eigenvalue weighted by Crippen LogP contribution is -2.40. The van der Waals surface area contributed by atoms with Gasteiger partial charge in [0.1, 0.15) is 11.9 Å². The zero-order valence-electron chi connectivity index (χ0n) is 12.0. The second-order valence-corrected chi connectivity index (χ2v) is 5.95. The van der Waals surface area contributed by atoms with Crippen molar-refractivity contribution in [3.63, 3.8) is 0 Å². The van der Waals surface area contributed by atoms with Gasteiger partial charge < -0.3 is 15.4 Å². The molecule has 4 rings (SSSR count). The number of nitrogens with two attached hydrogens (primary N) is 1. The van der Waals surface area contributed by atoms with Gasteiger partial charge in [-0.05, 0) is 29.7 Å². The molecule has 3 heteroatoms. The highest BCUT2D eigenvalue weighted by molar-refractivity contribution is 5.57. The van der Waals surface area contributed by atoms with Crippen LogP contribution in [-0.4, -0.2) is 19.2 Å². The second kappa shape index (κ2) is 5.08. The third-order valence-electron chi connectivity index (χ3n) is 4.52. The molecule has 108 valence electrons. The van der Waals surface area contributed by atoms with E-state index in [1.54, 1.807) is 0 Å². The third-order valence-corrected chi connectivity index (χ3v) is 4.52. The fraction of sp³-hybridized carbons (Fsp3) is 0.333. The lowest BCUT2D eigenvalue weighted by atomic mass is 9.96. The van der Waals surface area contributed by atoms with Crippen molar-refractivity contribution >= 4 is 5.69 Å². The summed E-state index contributed by atoms with van der Waals surface area (Å²) in [5, 5.41) is 0. The number of benzene rings is 2. The summed E-state index contributed by atoms with van der Waals surface area (Å²) in [5.74, 6) is 1.05. The van der Waals surface area contributed by atoms with Crippen LogP contribution in [0.25, 0.3) is 0 Å². The number of ether oxygens (including phenoxy) is 1. The van der Waals surface area contributed by atoms with E-state index < -0.39 is 0 Å². The average molecular weight is 280 g/mol. The van der Waals surface area contributed by atoms with Crippen molar-refractivity contribution in [2.75, 3.05) is 18.0 Å². The molecule has 0 spiro atoms. The third kappa shape index (κ3) is 2.28. The summed E-state index contributed by atoms with van der Waals surface area (Å²) in [4.78, 5) is 2.43. The summed E-state index contributed by atoms with van der Waals surface area (Å²) < 4.78 is 6.08. The number of hydrogen-bond acceptors (Lipinski definition) is 3. The van der Waals surface area contributed by atoms with E-state index in [0.29, 0.717) is 0 Å². The Bertz CT molecular complexity index is 630. The van der Waals surface area contributed by atoms with Gasteiger partial charge in [0.25, 0.3) is 0 Å². The molecule has 0 amide bonds. The van der Waals surface area contributed by atoms with Gasteiger partial charge in [0.05, 0.1) is 6.54 Å². The van der Waals surface area contributed by atoms with Gasteiger partial charge in [-0.3, -0.25) is 0 Å². The number of fused-ring (bicyclic) bond motifs is 2. The zero-order valence-corrected chi connectivity index (χ0v) is 12.0. The summed E-state index contributed by atoms with van der Waals surface area (Å²) in [6, 6.07) is 17.0. The van der Waals surface area contributed by atoms with E-state index in [9.17, 15) is 0 Å². The van der Waals surface area contributed by atoms with E-state index >= 15 is 0 Å². The average Bonchev–Trinajstić information content (AvgIpc) is 2.93. The highest BCUT2D eigenvalue weighted by Gasteiger charge is 2.28. The topological polar surface area (TPSA) is 38.5 Å². The van der Waals surface area contributed by atoms with E-state index in [-0.39, 0.29) is 12.1 Å². The minimum Gasteiger partial charge on any atom is -0.488 e. The molecule has 21 heavy (non-hydrogen) atoms. The first-order chi connectivity index (χ1) is 10.3. The Kier molecular flexibility index (Phi) is 3.08. The van der Waals surface area contributed by atoms with Crippen molar-refractivity contribution in [3.05, 3.63) is 59.7 Å². The van der Waals surface area contributed by atoms with Crippen molar-refractivity contribution in [1.29, 1.82) is 0 Å². The van der Waals surface area contributed by atoms with Gasteiger partial charge in [-0.1, -0.05) is 36.4 Å². The molecule has 0 radical (unpaired) electrons. The van der Waals surface area contributed by atoms with Crippen molar-refractivity contribution in [1.82, 2.24) is 0 Å². The molecule has 0 aliphatic carbocycles. The molecule has 2 atom stereocenters. The van der Waals surface area contributed by atoms with Crippen LogP contribution in [-0.2, 0) is 6.42 Å². The predicted octanol–water partition coefficient (Wildman–Crippen LogP) is 2.90. The Morgan fingerprint density at radius 3 is 2.81 bits per heavy atom. The molecule has 0 aromatic heterocycles. The quantitative estimate of drug-likeness (QED) is 0.919. The van der Waals surface area contributed by atoms with Gasteiger partial charge in [-0.2, -0.15) is 0 Å².